The van der Waals surface area contributed by atoms with Crippen LogP contribution >= 0.6 is 15.9 Å². The Morgan fingerprint density at radius 2 is 2.25 bits per heavy atom. The average molecular weight is 341 g/mol. The lowest BCUT2D eigenvalue weighted by Crippen LogP contribution is -2.48. The molecule has 2 aliphatic rings. The zero-order chi connectivity index (χ0) is 14.2. The molecular formula is C16H21BrO3. The molecule has 1 spiro atoms. The van der Waals surface area contributed by atoms with E-state index in [1.165, 1.54) is 6.42 Å². The number of ether oxygens (including phenoxy) is 2. The molecule has 3 rings (SSSR count). The summed E-state index contributed by atoms with van der Waals surface area (Å²) >= 11 is 3.44. The minimum absolute atomic E-state index is 0.0866. The van der Waals surface area contributed by atoms with E-state index in [1.807, 2.05) is 18.2 Å². The molecule has 0 bridgehead atoms. The molecule has 4 heteroatoms. The van der Waals surface area contributed by atoms with Crippen LogP contribution < -0.4 is 4.74 Å². The Labute approximate surface area is 128 Å². The maximum absolute atomic E-state index is 9.89. The van der Waals surface area contributed by atoms with Gasteiger partial charge in [-0.15, -0.1) is 0 Å². The van der Waals surface area contributed by atoms with Crippen molar-refractivity contribution in [2.24, 2.45) is 0 Å². The summed E-state index contributed by atoms with van der Waals surface area (Å²) < 4.78 is 13.1. The zero-order valence-electron chi connectivity index (χ0n) is 11.8. The quantitative estimate of drug-likeness (QED) is 0.904. The molecule has 1 heterocycles. The molecule has 1 aliphatic carbocycles. The average Bonchev–Trinajstić information content (AvgIpc) is 2.39. The predicted octanol–water partition coefficient (Wildman–Crippen LogP) is 3.98. The molecule has 1 aromatic rings. The van der Waals surface area contributed by atoms with Gasteiger partial charge in [-0.25, -0.2) is 0 Å². The fraction of sp³-hybridized carbons (Fsp3) is 0.625. The normalized spacial score (nSPS) is 26.1. The van der Waals surface area contributed by atoms with Crippen molar-refractivity contribution in [3.05, 3.63) is 28.2 Å². The maximum atomic E-state index is 9.89. The standard InChI is InChI=1S/C16H21BrO3/c1-11(18)14-9-12(17)3-4-15(14)20-13-5-8-19-16(10-13)6-2-7-16/h3-4,9,11,13,18H,2,5-8,10H2,1H3/t11-,13?/m0/s1. The van der Waals surface area contributed by atoms with E-state index in [4.69, 9.17) is 9.47 Å². The molecule has 0 radical (unpaired) electrons. The third-order valence-electron chi connectivity index (χ3n) is 4.43. The van der Waals surface area contributed by atoms with Gasteiger partial charge in [0.1, 0.15) is 11.9 Å². The van der Waals surface area contributed by atoms with Gasteiger partial charge in [-0.05, 0) is 44.4 Å². The Morgan fingerprint density at radius 1 is 1.45 bits per heavy atom. The SMILES string of the molecule is C[C@H](O)c1cc(Br)ccc1OC1CCOC2(CCC2)C1. The van der Waals surface area contributed by atoms with Gasteiger partial charge in [-0.2, -0.15) is 0 Å². The summed E-state index contributed by atoms with van der Waals surface area (Å²) in [5, 5.41) is 9.89. The summed E-state index contributed by atoms with van der Waals surface area (Å²) in [5.41, 5.74) is 0.928. The van der Waals surface area contributed by atoms with Crippen LogP contribution in [-0.4, -0.2) is 23.4 Å². The summed E-state index contributed by atoms with van der Waals surface area (Å²) in [4.78, 5) is 0. The molecule has 110 valence electrons. The highest BCUT2D eigenvalue weighted by atomic mass is 79.9. The molecular weight excluding hydrogens is 320 g/mol. The fourth-order valence-corrected chi connectivity index (χ4v) is 3.51. The van der Waals surface area contributed by atoms with Crippen LogP contribution in [-0.2, 0) is 4.74 Å². The molecule has 2 fully saturated rings. The molecule has 2 atom stereocenters. The molecule has 0 aromatic heterocycles. The van der Waals surface area contributed by atoms with E-state index in [-0.39, 0.29) is 11.7 Å². The van der Waals surface area contributed by atoms with E-state index in [9.17, 15) is 5.11 Å². The Morgan fingerprint density at radius 3 is 2.90 bits per heavy atom. The van der Waals surface area contributed by atoms with Crippen molar-refractivity contribution < 1.29 is 14.6 Å². The molecule has 1 N–H and O–H groups in total. The number of benzene rings is 1. The third kappa shape index (κ3) is 2.87. The van der Waals surface area contributed by atoms with E-state index in [2.05, 4.69) is 15.9 Å². The van der Waals surface area contributed by atoms with Crippen molar-refractivity contribution in [1.29, 1.82) is 0 Å². The number of rotatable bonds is 3. The monoisotopic (exact) mass is 340 g/mol. The summed E-state index contributed by atoms with van der Waals surface area (Å²) in [6.45, 7) is 2.55. The van der Waals surface area contributed by atoms with Gasteiger partial charge in [0.25, 0.3) is 0 Å². The van der Waals surface area contributed by atoms with Gasteiger partial charge in [0.2, 0.25) is 0 Å². The second-order valence-corrected chi connectivity index (χ2v) is 6.89. The first-order valence-electron chi connectivity index (χ1n) is 7.36. The lowest BCUT2D eigenvalue weighted by atomic mass is 9.74. The van der Waals surface area contributed by atoms with Gasteiger partial charge in [-0.1, -0.05) is 15.9 Å². The maximum Gasteiger partial charge on any atom is 0.125 e. The highest BCUT2D eigenvalue weighted by Gasteiger charge is 2.43. The van der Waals surface area contributed by atoms with Gasteiger partial charge in [0.05, 0.1) is 18.3 Å². The van der Waals surface area contributed by atoms with E-state index < -0.39 is 6.10 Å². The van der Waals surface area contributed by atoms with Crippen molar-refractivity contribution in [2.45, 2.75) is 56.8 Å². The molecule has 1 saturated carbocycles. The summed E-state index contributed by atoms with van der Waals surface area (Å²) in [5.74, 6) is 0.796. The van der Waals surface area contributed by atoms with Gasteiger partial charge >= 0.3 is 0 Å². The van der Waals surface area contributed by atoms with Crippen molar-refractivity contribution in [1.82, 2.24) is 0 Å². The third-order valence-corrected chi connectivity index (χ3v) is 4.92. The van der Waals surface area contributed by atoms with Crippen LogP contribution in [0.3, 0.4) is 0 Å². The first kappa shape index (κ1) is 14.4. The summed E-state index contributed by atoms with van der Waals surface area (Å²) in [6, 6.07) is 5.83. The van der Waals surface area contributed by atoms with E-state index in [0.717, 1.165) is 48.1 Å². The lowest BCUT2D eigenvalue weighted by Gasteiger charge is -2.47. The molecule has 1 unspecified atom stereocenters. The number of halogens is 1. The summed E-state index contributed by atoms with van der Waals surface area (Å²) in [7, 11) is 0. The van der Waals surface area contributed by atoms with Crippen molar-refractivity contribution >= 4 is 15.9 Å². The van der Waals surface area contributed by atoms with Crippen LogP contribution in [0, 0.1) is 0 Å². The van der Waals surface area contributed by atoms with E-state index >= 15 is 0 Å². The zero-order valence-corrected chi connectivity index (χ0v) is 13.4. The van der Waals surface area contributed by atoms with Crippen LogP contribution in [0.25, 0.3) is 0 Å². The molecule has 1 aromatic carbocycles. The van der Waals surface area contributed by atoms with Crippen molar-refractivity contribution in [3.8, 4) is 5.75 Å². The molecule has 3 nitrogen and oxygen atoms in total. The number of hydrogen-bond acceptors (Lipinski definition) is 3. The molecule has 0 amide bonds. The van der Waals surface area contributed by atoms with Crippen LogP contribution in [0.2, 0.25) is 0 Å². The van der Waals surface area contributed by atoms with Crippen LogP contribution in [0.1, 0.15) is 50.7 Å². The van der Waals surface area contributed by atoms with Crippen LogP contribution in [0.4, 0.5) is 0 Å². The van der Waals surface area contributed by atoms with E-state index in [0.29, 0.717) is 0 Å². The lowest BCUT2D eigenvalue weighted by molar-refractivity contribution is -0.153. The molecule has 1 saturated heterocycles. The Balaban J connectivity index is 1.74. The van der Waals surface area contributed by atoms with Gasteiger partial charge in [0, 0.05) is 22.9 Å². The van der Waals surface area contributed by atoms with Gasteiger partial charge in [0.15, 0.2) is 0 Å². The smallest absolute Gasteiger partial charge is 0.125 e. The Hall–Kier alpha value is -0.580. The van der Waals surface area contributed by atoms with Gasteiger partial charge < -0.3 is 14.6 Å². The first-order chi connectivity index (χ1) is 9.58. The Kier molecular flexibility index (Phi) is 4.07. The summed E-state index contributed by atoms with van der Waals surface area (Å²) in [6.07, 6.45) is 5.17. The van der Waals surface area contributed by atoms with Crippen molar-refractivity contribution in [2.75, 3.05) is 6.61 Å². The first-order valence-corrected chi connectivity index (χ1v) is 8.15. The minimum Gasteiger partial charge on any atom is -0.490 e. The second kappa shape index (κ2) is 5.66. The Bertz CT molecular complexity index is 483. The predicted molar refractivity (Wildman–Crippen MR) is 81.0 cm³/mol. The highest BCUT2D eigenvalue weighted by molar-refractivity contribution is 9.10. The van der Waals surface area contributed by atoms with Gasteiger partial charge in [-0.3, -0.25) is 0 Å². The molecule has 20 heavy (non-hydrogen) atoms. The van der Waals surface area contributed by atoms with Crippen LogP contribution in [0.15, 0.2) is 22.7 Å². The fourth-order valence-electron chi connectivity index (χ4n) is 3.14. The largest absolute Gasteiger partial charge is 0.490 e. The van der Waals surface area contributed by atoms with Crippen LogP contribution in [0.5, 0.6) is 5.75 Å². The molecule has 1 aliphatic heterocycles. The van der Waals surface area contributed by atoms with Crippen molar-refractivity contribution in [3.63, 3.8) is 0 Å². The number of aliphatic hydroxyl groups is 1. The number of aliphatic hydroxyl groups excluding tert-OH is 1. The minimum atomic E-state index is -0.528. The number of hydrogen-bond donors (Lipinski definition) is 1. The topological polar surface area (TPSA) is 38.7 Å². The highest BCUT2D eigenvalue weighted by Crippen LogP contribution is 2.43. The second-order valence-electron chi connectivity index (χ2n) is 5.98. The van der Waals surface area contributed by atoms with E-state index in [1.54, 1.807) is 6.92 Å².